The molecule has 1 heterocycles. The SMILES string of the molecule is CCOC(=O)C(O)c1ccc(-n2cccn2)c(Cl)c1. The van der Waals surface area contributed by atoms with E-state index in [0.29, 0.717) is 16.3 Å². The Balaban J connectivity index is 2.26. The van der Waals surface area contributed by atoms with Gasteiger partial charge < -0.3 is 9.84 Å². The highest BCUT2D eigenvalue weighted by Gasteiger charge is 2.19. The van der Waals surface area contributed by atoms with Crippen molar-refractivity contribution in [1.29, 1.82) is 0 Å². The fraction of sp³-hybridized carbons (Fsp3) is 0.231. The molecule has 1 unspecified atom stereocenters. The molecule has 100 valence electrons. The molecule has 0 aliphatic heterocycles. The highest BCUT2D eigenvalue weighted by atomic mass is 35.5. The van der Waals surface area contributed by atoms with Crippen LogP contribution >= 0.6 is 11.6 Å². The lowest BCUT2D eigenvalue weighted by molar-refractivity contribution is -0.153. The Morgan fingerprint density at radius 2 is 2.37 bits per heavy atom. The van der Waals surface area contributed by atoms with E-state index in [2.05, 4.69) is 5.10 Å². The molecular weight excluding hydrogens is 268 g/mol. The minimum Gasteiger partial charge on any atom is -0.464 e. The van der Waals surface area contributed by atoms with Crippen molar-refractivity contribution in [2.75, 3.05) is 6.61 Å². The molecule has 0 spiro atoms. The maximum absolute atomic E-state index is 11.4. The Morgan fingerprint density at radius 3 is 2.95 bits per heavy atom. The van der Waals surface area contributed by atoms with Gasteiger partial charge in [0.1, 0.15) is 0 Å². The largest absolute Gasteiger partial charge is 0.464 e. The van der Waals surface area contributed by atoms with Crippen LogP contribution in [0.1, 0.15) is 18.6 Å². The molecule has 1 aromatic heterocycles. The average Bonchev–Trinajstić information content (AvgIpc) is 2.91. The van der Waals surface area contributed by atoms with Crippen LogP contribution in [0, 0.1) is 0 Å². The lowest BCUT2D eigenvalue weighted by atomic mass is 10.1. The minimum absolute atomic E-state index is 0.217. The number of halogens is 1. The quantitative estimate of drug-likeness (QED) is 0.872. The summed E-state index contributed by atoms with van der Waals surface area (Å²) in [5.41, 5.74) is 1.06. The van der Waals surface area contributed by atoms with Crippen molar-refractivity contribution in [3.05, 3.63) is 47.2 Å². The maximum atomic E-state index is 11.4. The summed E-state index contributed by atoms with van der Waals surface area (Å²) in [5.74, 6) is -0.689. The number of esters is 1. The molecule has 2 aromatic rings. The number of carbonyl (C=O) groups is 1. The molecule has 0 aliphatic carbocycles. The molecule has 1 atom stereocenters. The normalized spacial score (nSPS) is 12.2. The summed E-state index contributed by atoms with van der Waals surface area (Å²) in [6, 6.07) is 6.61. The van der Waals surface area contributed by atoms with Crippen LogP contribution in [0.3, 0.4) is 0 Å². The molecule has 0 bridgehead atoms. The number of aromatic nitrogens is 2. The van der Waals surface area contributed by atoms with Gasteiger partial charge in [0, 0.05) is 12.4 Å². The van der Waals surface area contributed by atoms with Crippen molar-refractivity contribution in [1.82, 2.24) is 9.78 Å². The van der Waals surface area contributed by atoms with E-state index in [0.717, 1.165) is 0 Å². The Kier molecular flexibility index (Phi) is 4.19. The summed E-state index contributed by atoms with van der Waals surface area (Å²) in [7, 11) is 0. The summed E-state index contributed by atoms with van der Waals surface area (Å²) in [5, 5.41) is 14.3. The average molecular weight is 281 g/mol. The van der Waals surface area contributed by atoms with Gasteiger partial charge in [0.05, 0.1) is 17.3 Å². The summed E-state index contributed by atoms with van der Waals surface area (Å²) in [6.07, 6.45) is 2.06. The second-order valence-electron chi connectivity index (χ2n) is 3.82. The second-order valence-corrected chi connectivity index (χ2v) is 4.22. The Hall–Kier alpha value is -1.85. The third kappa shape index (κ3) is 2.94. The fourth-order valence-electron chi connectivity index (χ4n) is 1.65. The molecule has 5 nitrogen and oxygen atoms in total. The number of carbonyl (C=O) groups excluding carboxylic acids is 1. The van der Waals surface area contributed by atoms with E-state index in [1.54, 1.807) is 42.2 Å². The third-order valence-electron chi connectivity index (χ3n) is 2.55. The van der Waals surface area contributed by atoms with Crippen molar-refractivity contribution in [3.63, 3.8) is 0 Å². The van der Waals surface area contributed by atoms with E-state index in [1.807, 2.05) is 0 Å². The molecule has 6 heteroatoms. The van der Waals surface area contributed by atoms with Crippen LogP contribution in [-0.4, -0.2) is 27.5 Å². The summed E-state index contributed by atoms with van der Waals surface area (Å²) >= 11 is 6.12. The monoisotopic (exact) mass is 280 g/mol. The van der Waals surface area contributed by atoms with Gasteiger partial charge in [0.15, 0.2) is 6.10 Å². The zero-order valence-electron chi connectivity index (χ0n) is 10.3. The van der Waals surface area contributed by atoms with E-state index >= 15 is 0 Å². The zero-order chi connectivity index (χ0) is 13.8. The summed E-state index contributed by atoms with van der Waals surface area (Å²) < 4.78 is 6.35. The number of ether oxygens (including phenoxy) is 1. The maximum Gasteiger partial charge on any atom is 0.339 e. The van der Waals surface area contributed by atoms with Crippen molar-refractivity contribution < 1.29 is 14.6 Å². The van der Waals surface area contributed by atoms with Crippen molar-refractivity contribution in [3.8, 4) is 5.69 Å². The fourth-order valence-corrected chi connectivity index (χ4v) is 1.92. The van der Waals surface area contributed by atoms with Gasteiger partial charge >= 0.3 is 5.97 Å². The molecule has 1 N–H and O–H groups in total. The van der Waals surface area contributed by atoms with E-state index in [1.165, 1.54) is 6.07 Å². The topological polar surface area (TPSA) is 64.3 Å². The van der Waals surface area contributed by atoms with Gasteiger partial charge in [-0.25, -0.2) is 9.48 Å². The Labute approximate surface area is 115 Å². The van der Waals surface area contributed by atoms with Crippen LogP contribution in [0.15, 0.2) is 36.7 Å². The first-order valence-electron chi connectivity index (χ1n) is 5.77. The number of hydrogen-bond acceptors (Lipinski definition) is 4. The molecule has 0 amide bonds. The number of aliphatic hydroxyl groups excluding tert-OH is 1. The number of aliphatic hydroxyl groups is 1. The van der Waals surface area contributed by atoms with Gasteiger partial charge in [-0.15, -0.1) is 0 Å². The molecule has 0 aliphatic rings. The van der Waals surface area contributed by atoms with E-state index < -0.39 is 12.1 Å². The van der Waals surface area contributed by atoms with Crippen LogP contribution in [-0.2, 0) is 9.53 Å². The highest BCUT2D eigenvalue weighted by Crippen LogP contribution is 2.25. The second kappa shape index (κ2) is 5.86. The predicted molar refractivity (Wildman–Crippen MR) is 70.2 cm³/mol. The van der Waals surface area contributed by atoms with Crippen molar-refractivity contribution in [2.45, 2.75) is 13.0 Å². The Morgan fingerprint density at radius 1 is 1.58 bits per heavy atom. The first-order chi connectivity index (χ1) is 9.13. The molecule has 0 fully saturated rings. The van der Waals surface area contributed by atoms with Crippen molar-refractivity contribution in [2.24, 2.45) is 0 Å². The van der Waals surface area contributed by atoms with Gasteiger partial charge in [-0.2, -0.15) is 5.10 Å². The lowest BCUT2D eigenvalue weighted by Crippen LogP contribution is -2.15. The van der Waals surface area contributed by atoms with Crippen molar-refractivity contribution >= 4 is 17.6 Å². The van der Waals surface area contributed by atoms with Gasteiger partial charge in [-0.1, -0.05) is 17.7 Å². The van der Waals surface area contributed by atoms with Crippen LogP contribution in [0.2, 0.25) is 5.02 Å². The lowest BCUT2D eigenvalue weighted by Gasteiger charge is -2.12. The molecule has 1 aromatic carbocycles. The molecule has 0 saturated heterocycles. The first-order valence-corrected chi connectivity index (χ1v) is 6.15. The molecule has 2 rings (SSSR count). The van der Waals surface area contributed by atoms with E-state index in [-0.39, 0.29) is 6.61 Å². The zero-order valence-corrected chi connectivity index (χ0v) is 11.0. The molecule has 19 heavy (non-hydrogen) atoms. The summed E-state index contributed by atoms with van der Waals surface area (Å²) in [6.45, 7) is 1.90. The van der Waals surface area contributed by atoms with Crippen LogP contribution in [0.5, 0.6) is 0 Å². The van der Waals surface area contributed by atoms with Crippen LogP contribution in [0.4, 0.5) is 0 Å². The van der Waals surface area contributed by atoms with Gasteiger partial charge in [0.25, 0.3) is 0 Å². The van der Waals surface area contributed by atoms with Gasteiger partial charge in [0.2, 0.25) is 0 Å². The number of rotatable bonds is 4. The molecule has 0 saturated carbocycles. The number of benzene rings is 1. The highest BCUT2D eigenvalue weighted by molar-refractivity contribution is 6.32. The van der Waals surface area contributed by atoms with E-state index in [9.17, 15) is 9.90 Å². The number of nitrogens with zero attached hydrogens (tertiary/aromatic N) is 2. The Bertz CT molecular complexity index is 569. The first kappa shape index (κ1) is 13.6. The minimum atomic E-state index is -1.33. The molecule has 0 radical (unpaired) electrons. The molecular formula is C13H13ClN2O3. The van der Waals surface area contributed by atoms with Gasteiger partial charge in [-0.05, 0) is 30.7 Å². The smallest absolute Gasteiger partial charge is 0.339 e. The number of hydrogen-bond donors (Lipinski definition) is 1. The van der Waals surface area contributed by atoms with E-state index in [4.69, 9.17) is 16.3 Å². The van der Waals surface area contributed by atoms with Gasteiger partial charge in [-0.3, -0.25) is 0 Å². The van der Waals surface area contributed by atoms with Crippen LogP contribution in [0.25, 0.3) is 5.69 Å². The standard InChI is InChI=1S/C13H13ClN2O3/c1-2-19-13(18)12(17)9-4-5-11(10(14)8-9)16-7-3-6-15-16/h3-8,12,17H,2H2,1H3. The predicted octanol–water partition coefficient (Wildman–Crippen LogP) is 2.12. The summed E-state index contributed by atoms with van der Waals surface area (Å²) in [4.78, 5) is 11.4. The third-order valence-corrected chi connectivity index (χ3v) is 2.85. The van der Waals surface area contributed by atoms with Crippen LogP contribution < -0.4 is 0 Å².